The highest BCUT2D eigenvalue weighted by Crippen LogP contribution is 2.30. The average molecular weight is 1820 g/mol. The van der Waals surface area contributed by atoms with E-state index in [-0.39, 0.29) is 100 Å². The molecule has 3 aliphatic heterocycles. The van der Waals surface area contributed by atoms with Crippen LogP contribution in [0.4, 0.5) is 0 Å². The van der Waals surface area contributed by atoms with E-state index in [1.54, 1.807) is 149 Å². The summed E-state index contributed by atoms with van der Waals surface area (Å²) in [7, 11) is 5.52. The first-order valence-corrected chi connectivity index (χ1v) is 45.5. The summed E-state index contributed by atoms with van der Waals surface area (Å²) in [5, 5.41) is 54.9. The highest BCUT2D eigenvalue weighted by molar-refractivity contribution is 8.00. The number of unbranched alkanes of at least 4 members (excludes halogenated alkanes) is 1. The first-order valence-electron chi connectivity index (χ1n) is 44.4. The standard InChI is InChI=1S/C96H122N16O18S/c1-10-11-32-76-94(128)111-42-23-33-77(111)95(129)112-53-67(115)50-79(112)90(124)106-84(58(4)5)96(130)109(8)78(47-60-26-17-13-18-27-60)89(123)104-73(46-63-36-40-66(114)41-37-63)91(125)107(6)54-82(117)100-72(49-64-51-98-69-31-22-21-30-68(64)69)88(122)103-71(44-62-34-38-65(113)39-35-62)87(121)102-70(43-57(2)3)86(120)105-75(85(119)99-52-81(97)116)55-131-56-83(118)101-74(45-59-24-15-12-16-25-59)92(126)110(9)80(93(127)108(76)7)48-61-28-19-14-20-29-61/h12-22,24-31,34-41,51,57-58,67,70-80,84,98,113-115H,10-11,23,32-33,42-50,52-56H2,1-9H3,(H2,97,116)(H,99,119)(H,100,117)(H,101,118)(H,102,121)(H,103,122)(H,104,123)(H,105,120)(H,106,124). The molecule has 131 heavy (non-hydrogen) atoms. The Morgan fingerprint density at radius 3 is 1.58 bits per heavy atom. The molecule has 0 bridgehead atoms. The number of primary amides is 1. The first kappa shape index (κ1) is 100.0. The van der Waals surface area contributed by atoms with Crippen molar-refractivity contribution in [2.45, 2.75) is 197 Å². The number of aromatic nitrogens is 1. The van der Waals surface area contributed by atoms with Gasteiger partial charge in [0.05, 0.1) is 24.9 Å². The van der Waals surface area contributed by atoms with E-state index in [1.807, 2.05) is 6.92 Å². The maximum absolute atomic E-state index is 15.8. The van der Waals surface area contributed by atoms with Gasteiger partial charge in [0.25, 0.3) is 0 Å². The van der Waals surface area contributed by atoms with Crippen molar-refractivity contribution in [3.63, 3.8) is 0 Å². The number of aliphatic hydroxyl groups excluding tert-OH is 1. The maximum Gasteiger partial charge on any atom is 0.246 e. The van der Waals surface area contributed by atoms with Gasteiger partial charge in [0.1, 0.15) is 84.0 Å². The third-order valence-electron chi connectivity index (χ3n) is 24.0. The number of aromatic hydroxyl groups is 2. The Morgan fingerprint density at radius 1 is 0.496 bits per heavy atom. The van der Waals surface area contributed by atoms with Gasteiger partial charge in [-0.25, -0.2) is 0 Å². The van der Waals surface area contributed by atoms with Crippen molar-refractivity contribution < 1.29 is 87.2 Å². The Kier molecular flexibility index (Phi) is 36.2. The molecule has 0 radical (unpaired) electrons. The number of nitrogens with one attached hydrogen (secondary N) is 9. The molecule has 10 rings (SSSR count). The Balaban J connectivity index is 1.04. The second kappa shape index (κ2) is 47.4. The number of amides is 15. The minimum Gasteiger partial charge on any atom is -0.508 e. The fourth-order valence-corrected chi connectivity index (χ4v) is 17.6. The van der Waals surface area contributed by atoms with Crippen molar-refractivity contribution in [2.24, 2.45) is 17.6 Å². The number of fused-ring (bicyclic) bond motifs is 3. The summed E-state index contributed by atoms with van der Waals surface area (Å²) in [4.78, 5) is 236. The van der Waals surface area contributed by atoms with Gasteiger partial charge >= 0.3 is 0 Å². The number of para-hydroxylation sites is 1. The number of hydrogen-bond acceptors (Lipinski definition) is 19. The van der Waals surface area contributed by atoms with Gasteiger partial charge in [-0.1, -0.05) is 181 Å². The molecule has 1 aromatic heterocycles. The van der Waals surface area contributed by atoms with Crippen molar-refractivity contribution >= 4 is 111 Å². The lowest BCUT2D eigenvalue weighted by Crippen LogP contribution is -2.61. The number of carbonyl (C=O) groups excluding carboxylic acids is 15. The van der Waals surface area contributed by atoms with E-state index in [9.17, 15) is 34.5 Å². The van der Waals surface area contributed by atoms with E-state index in [0.29, 0.717) is 63.5 Å². The molecule has 13 unspecified atom stereocenters. The number of aromatic amines is 1. The van der Waals surface area contributed by atoms with Gasteiger partial charge in [-0.3, -0.25) is 71.9 Å². The molecule has 700 valence electrons. The highest BCUT2D eigenvalue weighted by atomic mass is 32.2. The molecule has 14 N–H and O–H groups in total. The number of likely N-dealkylation sites (N-methyl/N-ethyl adjacent to an activating group) is 4. The van der Waals surface area contributed by atoms with E-state index >= 15 is 52.7 Å². The SMILES string of the molecule is CCCCC1C(=O)N2CCCC2C(=O)N2CC(O)CC2C(=O)NC(C(C)C)C(=O)N(C)C(Cc2ccccc2)C(=O)NC(Cc2ccc(O)cc2)C(=O)N(C)CC(=O)NC(Cc2c[nH]c3ccccc23)C(=O)NC(Cc2ccc(O)cc2)C(=O)NC(CC(C)C)C(=O)NC(C(=O)NCC(N)=O)CSCC(=O)NC(Cc2ccccc2)C(=O)N(C)C(Cc2ccccc2)C(=O)N1C. The number of rotatable bonds is 21. The van der Waals surface area contributed by atoms with Gasteiger partial charge in [0, 0.05) is 109 Å². The maximum atomic E-state index is 15.8. The molecule has 0 aliphatic carbocycles. The molecule has 0 saturated carbocycles. The lowest BCUT2D eigenvalue weighted by Gasteiger charge is -2.38. The van der Waals surface area contributed by atoms with Crippen LogP contribution in [-0.4, -0.2) is 283 Å². The van der Waals surface area contributed by atoms with Crippen LogP contribution in [0.1, 0.15) is 113 Å². The first-order chi connectivity index (χ1) is 62.5. The smallest absolute Gasteiger partial charge is 0.246 e. The van der Waals surface area contributed by atoms with Crippen LogP contribution in [-0.2, 0) is 110 Å². The molecule has 6 aromatic carbocycles. The highest BCUT2D eigenvalue weighted by Gasteiger charge is 2.49. The van der Waals surface area contributed by atoms with Crippen LogP contribution in [0.15, 0.2) is 170 Å². The quantitative estimate of drug-likeness (QED) is 0.0492. The van der Waals surface area contributed by atoms with Crippen molar-refractivity contribution in [1.82, 2.24) is 76.9 Å². The summed E-state index contributed by atoms with van der Waals surface area (Å²) in [5.74, 6) is -14.4. The van der Waals surface area contributed by atoms with Crippen molar-refractivity contribution in [1.29, 1.82) is 0 Å². The minimum absolute atomic E-state index is 0.0577. The number of thioether (sulfide) groups is 1. The van der Waals surface area contributed by atoms with Crippen LogP contribution in [0.3, 0.4) is 0 Å². The normalized spacial score (nSPS) is 23.8. The van der Waals surface area contributed by atoms with Crippen LogP contribution in [0.2, 0.25) is 0 Å². The topological polar surface area (TPSA) is 474 Å². The third-order valence-corrected chi connectivity index (χ3v) is 25.0. The number of aliphatic hydroxyl groups is 1. The Labute approximate surface area is 766 Å². The molecule has 35 heteroatoms. The molecular formula is C96H122N16O18S. The third kappa shape index (κ3) is 27.7. The van der Waals surface area contributed by atoms with E-state index < -0.39 is 192 Å². The summed E-state index contributed by atoms with van der Waals surface area (Å²) < 4.78 is 0. The Morgan fingerprint density at radius 2 is 1.00 bits per heavy atom. The van der Waals surface area contributed by atoms with E-state index in [2.05, 4.69) is 47.5 Å². The summed E-state index contributed by atoms with van der Waals surface area (Å²) in [5.41, 5.74) is 9.33. The number of nitrogens with zero attached hydrogens (tertiary/aromatic N) is 6. The molecule has 34 nitrogen and oxygen atoms in total. The monoisotopic (exact) mass is 1820 g/mol. The second-order valence-corrected chi connectivity index (χ2v) is 35.8. The van der Waals surface area contributed by atoms with Crippen molar-refractivity contribution in [3.05, 3.63) is 203 Å². The van der Waals surface area contributed by atoms with Gasteiger partial charge in [0.15, 0.2) is 0 Å². The van der Waals surface area contributed by atoms with Crippen LogP contribution in [0.5, 0.6) is 11.5 Å². The van der Waals surface area contributed by atoms with Gasteiger partial charge in [0.2, 0.25) is 88.6 Å². The zero-order chi connectivity index (χ0) is 94.9. The zero-order valence-corrected chi connectivity index (χ0v) is 76.2. The molecule has 13 atom stereocenters. The largest absolute Gasteiger partial charge is 0.508 e. The van der Waals surface area contributed by atoms with E-state index in [1.165, 1.54) is 96.3 Å². The van der Waals surface area contributed by atoms with Crippen molar-refractivity contribution in [2.75, 3.05) is 65.9 Å². The molecule has 3 aliphatic rings. The fraction of sp³-hybridized carbons (Fsp3) is 0.448. The number of H-pyrrole nitrogens is 1. The Hall–Kier alpha value is -13.2. The number of nitrogens with two attached hydrogens (primary N) is 1. The minimum atomic E-state index is -1.58. The summed E-state index contributed by atoms with van der Waals surface area (Å²) in [6.07, 6.45) is 0.481. The molecule has 15 amide bonds. The summed E-state index contributed by atoms with van der Waals surface area (Å²) >= 11 is 0.851. The number of phenolic OH excluding ortho intramolecular Hbond substituents is 2. The van der Waals surface area contributed by atoms with Gasteiger partial charge in [-0.2, -0.15) is 0 Å². The lowest BCUT2D eigenvalue weighted by molar-refractivity contribution is -0.154. The number of benzene rings is 6. The van der Waals surface area contributed by atoms with Gasteiger partial charge in [-0.05, 0) is 101 Å². The predicted octanol–water partition coefficient (Wildman–Crippen LogP) is 2.86. The van der Waals surface area contributed by atoms with Crippen LogP contribution < -0.4 is 48.3 Å². The van der Waals surface area contributed by atoms with E-state index in [4.69, 9.17) is 5.73 Å². The summed E-state index contributed by atoms with van der Waals surface area (Å²) in [6, 6.07) is 27.8. The Bertz CT molecular complexity index is 5170. The second-order valence-electron chi connectivity index (χ2n) is 34.7. The molecule has 3 fully saturated rings. The van der Waals surface area contributed by atoms with E-state index in [0.717, 1.165) is 21.6 Å². The zero-order valence-electron chi connectivity index (χ0n) is 75.4. The molecule has 0 spiro atoms. The molecule has 7 aromatic rings. The van der Waals surface area contributed by atoms with Crippen LogP contribution in [0, 0.1) is 11.8 Å². The number of carbonyl (C=O) groups is 15. The molecular weight excluding hydrogens is 1700 g/mol. The molecule has 3 saturated heterocycles. The van der Waals surface area contributed by atoms with Crippen molar-refractivity contribution in [3.8, 4) is 11.5 Å². The number of hydrogen-bond donors (Lipinski definition) is 13. The lowest BCUT2D eigenvalue weighted by atomic mass is 9.98. The number of phenols is 2. The van der Waals surface area contributed by atoms with Crippen LogP contribution >= 0.6 is 11.8 Å². The predicted molar refractivity (Wildman–Crippen MR) is 491 cm³/mol. The van der Waals surface area contributed by atoms with Gasteiger partial charge < -0.3 is 98.0 Å². The van der Waals surface area contributed by atoms with Gasteiger partial charge in [-0.15, -0.1) is 11.8 Å². The molecule has 4 heterocycles. The average Bonchev–Trinajstić information content (AvgIpc) is 1.65. The summed E-state index contributed by atoms with van der Waals surface area (Å²) in [6.45, 7) is 7.02. The van der Waals surface area contributed by atoms with Crippen LogP contribution in [0.25, 0.3) is 10.9 Å². The fourth-order valence-electron chi connectivity index (χ4n) is 16.7.